The monoisotopic (exact) mass is 556 g/mol. The number of amides is 1. The molecule has 0 bridgehead atoms. The summed E-state index contributed by atoms with van der Waals surface area (Å²) in [5.74, 6) is 1.13. The molecule has 1 amide bonds. The first-order valence-electron chi connectivity index (χ1n) is 9.91. The predicted molar refractivity (Wildman–Crippen MR) is 127 cm³/mol. The van der Waals surface area contributed by atoms with Gasteiger partial charge in [-0.3, -0.25) is 9.79 Å². The summed E-state index contributed by atoms with van der Waals surface area (Å²) in [6.07, 6.45) is 0.986. The number of rotatable bonds is 5. The Kier molecular flexibility index (Phi) is 10.4. The number of hydrogen-bond acceptors (Lipinski definition) is 5. The second kappa shape index (κ2) is 12.3. The van der Waals surface area contributed by atoms with Gasteiger partial charge in [-0.15, -0.1) is 35.3 Å². The molecule has 0 aromatic carbocycles. The molecule has 0 saturated carbocycles. The number of likely N-dealkylation sites (tertiary alicyclic amines) is 1. The Bertz CT molecular complexity index is 676. The molecule has 2 saturated heterocycles. The first-order chi connectivity index (χ1) is 13.6. The number of hydrogen-bond donors (Lipinski definition) is 2. The Morgan fingerprint density at radius 1 is 1.31 bits per heavy atom. The molecule has 1 unspecified atom stereocenters. The van der Waals surface area contributed by atoms with Crippen molar-refractivity contribution in [3.05, 3.63) is 21.3 Å². The van der Waals surface area contributed by atoms with Crippen LogP contribution in [-0.2, 0) is 9.53 Å². The minimum Gasteiger partial charge on any atom is -0.386 e. The van der Waals surface area contributed by atoms with Crippen molar-refractivity contribution in [1.29, 1.82) is 0 Å². The summed E-state index contributed by atoms with van der Waals surface area (Å²) >= 11 is 7.32. The minimum absolute atomic E-state index is 0. The number of nitrogens with zero attached hydrogens (tertiary/aromatic N) is 3. The maximum Gasteiger partial charge on any atom is 0.225 e. The van der Waals surface area contributed by atoms with Crippen LogP contribution in [0, 0.1) is 5.92 Å². The second-order valence-corrected chi connectivity index (χ2v) is 8.80. The molecule has 7 nitrogen and oxygen atoms in total. The number of ether oxygens (including phenoxy) is 1. The van der Waals surface area contributed by atoms with Crippen LogP contribution in [0.2, 0.25) is 4.34 Å². The SMILES string of the molecule is CCNC(=NCC(O)c1ccc(Cl)s1)N1CCC(C(=O)N2CCOCC2)CC1.I. The van der Waals surface area contributed by atoms with E-state index in [9.17, 15) is 9.90 Å². The first-order valence-corrected chi connectivity index (χ1v) is 11.1. The highest BCUT2D eigenvalue weighted by Crippen LogP contribution is 2.27. The fraction of sp³-hybridized carbons (Fsp3) is 0.684. The van der Waals surface area contributed by atoms with E-state index in [-0.39, 0.29) is 42.3 Å². The first kappa shape index (κ1) is 24.6. The molecule has 3 rings (SSSR count). The fourth-order valence-electron chi connectivity index (χ4n) is 3.58. The van der Waals surface area contributed by atoms with Gasteiger partial charge in [0.05, 0.1) is 24.1 Å². The van der Waals surface area contributed by atoms with Crippen LogP contribution < -0.4 is 5.32 Å². The fourth-order valence-corrected chi connectivity index (χ4v) is 4.61. The number of carbonyl (C=O) groups excluding carboxylic acids is 1. The number of guanidine groups is 1. The van der Waals surface area contributed by atoms with Gasteiger partial charge in [-0.1, -0.05) is 11.6 Å². The lowest BCUT2D eigenvalue weighted by Gasteiger charge is -2.36. The van der Waals surface area contributed by atoms with Crippen molar-refractivity contribution in [2.24, 2.45) is 10.9 Å². The summed E-state index contributed by atoms with van der Waals surface area (Å²) in [5, 5.41) is 13.6. The van der Waals surface area contributed by atoms with Crippen molar-refractivity contribution >= 4 is 58.8 Å². The summed E-state index contributed by atoms with van der Waals surface area (Å²) in [5.41, 5.74) is 0. The smallest absolute Gasteiger partial charge is 0.225 e. The van der Waals surface area contributed by atoms with Crippen molar-refractivity contribution in [1.82, 2.24) is 15.1 Å². The van der Waals surface area contributed by atoms with Crippen LogP contribution in [-0.4, -0.2) is 79.3 Å². The summed E-state index contributed by atoms with van der Waals surface area (Å²) in [6, 6.07) is 3.62. The lowest BCUT2D eigenvalue weighted by molar-refractivity contribution is -0.140. The Hall–Kier alpha value is -0.620. The molecule has 1 aromatic heterocycles. The molecule has 1 aromatic rings. The zero-order chi connectivity index (χ0) is 19.9. The van der Waals surface area contributed by atoms with E-state index in [1.54, 1.807) is 6.07 Å². The zero-order valence-corrected chi connectivity index (χ0v) is 20.6. The highest BCUT2D eigenvalue weighted by molar-refractivity contribution is 14.0. The van der Waals surface area contributed by atoms with Crippen molar-refractivity contribution in [3.8, 4) is 0 Å². The Morgan fingerprint density at radius 2 is 2.00 bits per heavy atom. The number of nitrogens with one attached hydrogen (secondary N) is 1. The molecule has 2 aliphatic rings. The largest absolute Gasteiger partial charge is 0.386 e. The van der Waals surface area contributed by atoms with E-state index in [4.69, 9.17) is 16.3 Å². The molecule has 0 radical (unpaired) electrons. The number of piperidine rings is 1. The number of carbonyl (C=O) groups is 1. The number of aliphatic hydroxyl groups excluding tert-OH is 1. The van der Waals surface area contributed by atoms with Gasteiger partial charge in [0.15, 0.2) is 5.96 Å². The Morgan fingerprint density at radius 3 is 2.59 bits per heavy atom. The molecule has 3 heterocycles. The van der Waals surface area contributed by atoms with Gasteiger partial charge in [-0.25, -0.2) is 0 Å². The minimum atomic E-state index is -0.661. The van der Waals surface area contributed by atoms with Crippen LogP contribution in [0.4, 0.5) is 0 Å². The predicted octanol–water partition coefficient (Wildman–Crippen LogP) is 2.59. The molecule has 0 spiro atoms. The molecule has 10 heteroatoms. The second-order valence-electron chi connectivity index (χ2n) is 7.05. The summed E-state index contributed by atoms with van der Waals surface area (Å²) in [6.45, 7) is 7.32. The van der Waals surface area contributed by atoms with E-state index in [2.05, 4.69) is 15.2 Å². The quantitative estimate of drug-likeness (QED) is 0.331. The average molecular weight is 557 g/mol. The summed E-state index contributed by atoms with van der Waals surface area (Å²) in [4.78, 5) is 22.2. The van der Waals surface area contributed by atoms with Crippen molar-refractivity contribution < 1.29 is 14.6 Å². The van der Waals surface area contributed by atoms with Gasteiger partial charge in [0.2, 0.25) is 5.91 Å². The summed E-state index contributed by atoms with van der Waals surface area (Å²) in [7, 11) is 0. The lowest BCUT2D eigenvalue weighted by atomic mass is 9.95. The Labute approximate surface area is 198 Å². The van der Waals surface area contributed by atoms with E-state index in [1.807, 2.05) is 17.9 Å². The maximum absolute atomic E-state index is 12.7. The molecule has 164 valence electrons. The van der Waals surface area contributed by atoms with Gasteiger partial charge >= 0.3 is 0 Å². The number of aliphatic imine (C=N–C) groups is 1. The highest BCUT2D eigenvalue weighted by Gasteiger charge is 2.30. The zero-order valence-electron chi connectivity index (χ0n) is 16.7. The van der Waals surface area contributed by atoms with Crippen molar-refractivity contribution in [3.63, 3.8) is 0 Å². The van der Waals surface area contributed by atoms with Crippen LogP contribution in [0.15, 0.2) is 17.1 Å². The van der Waals surface area contributed by atoms with E-state index >= 15 is 0 Å². The van der Waals surface area contributed by atoms with Gasteiger partial charge in [-0.2, -0.15) is 0 Å². The molecule has 2 N–H and O–H groups in total. The van der Waals surface area contributed by atoms with Crippen LogP contribution in [0.5, 0.6) is 0 Å². The number of halogens is 2. The lowest BCUT2D eigenvalue weighted by Crippen LogP contribution is -2.50. The van der Waals surface area contributed by atoms with Crippen LogP contribution >= 0.6 is 46.9 Å². The van der Waals surface area contributed by atoms with Crippen LogP contribution in [0.1, 0.15) is 30.7 Å². The van der Waals surface area contributed by atoms with Gasteiger partial charge in [0.1, 0.15) is 6.10 Å². The van der Waals surface area contributed by atoms with E-state index in [0.717, 1.165) is 43.3 Å². The Balaban J connectivity index is 0.00000300. The van der Waals surface area contributed by atoms with Crippen LogP contribution in [0.3, 0.4) is 0 Å². The molecule has 1 atom stereocenters. The normalized spacial score (nSPS) is 19.6. The third kappa shape index (κ3) is 6.95. The standard InChI is InChI=1S/C19H29ClN4O3S.HI/c1-2-21-19(22-13-15(25)16-3-4-17(20)28-16)24-7-5-14(6-8-24)18(26)23-9-11-27-12-10-23;/h3-4,14-15,25H,2,5-13H2,1H3,(H,21,22);1H. The maximum atomic E-state index is 12.7. The van der Waals surface area contributed by atoms with Gasteiger partial charge in [0, 0.05) is 43.5 Å². The molecular weight excluding hydrogens is 527 g/mol. The van der Waals surface area contributed by atoms with Gasteiger partial charge < -0.3 is 25.0 Å². The highest BCUT2D eigenvalue weighted by atomic mass is 127. The molecule has 29 heavy (non-hydrogen) atoms. The molecular formula is C19H30ClIN4O3S. The number of aliphatic hydroxyl groups is 1. The van der Waals surface area contributed by atoms with E-state index in [0.29, 0.717) is 30.6 Å². The van der Waals surface area contributed by atoms with E-state index in [1.165, 1.54) is 11.3 Å². The van der Waals surface area contributed by atoms with Crippen LogP contribution in [0.25, 0.3) is 0 Å². The van der Waals surface area contributed by atoms with Gasteiger partial charge in [-0.05, 0) is 31.9 Å². The van der Waals surface area contributed by atoms with Crippen molar-refractivity contribution in [2.45, 2.75) is 25.9 Å². The van der Waals surface area contributed by atoms with Crippen molar-refractivity contribution in [2.75, 3.05) is 52.5 Å². The number of morpholine rings is 1. The van der Waals surface area contributed by atoms with E-state index < -0.39 is 6.10 Å². The number of thiophene rings is 1. The summed E-state index contributed by atoms with van der Waals surface area (Å²) < 4.78 is 6.00. The average Bonchev–Trinajstić information content (AvgIpc) is 3.17. The molecule has 0 aliphatic carbocycles. The molecule has 2 fully saturated rings. The van der Waals surface area contributed by atoms with Gasteiger partial charge in [0.25, 0.3) is 0 Å². The third-order valence-electron chi connectivity index (χ3n) is 5.14. The topological polar surface area (TPSA) is 77.4 Å². The third-order valence-corrected chi connectivity index (χ3v) is 6.47. The molecule has 2 aliphatic heterocycles.